The zero-order valence-corrected chi connectivity index (χ0v) is 8.21. The molecule has 13 heavy (non-hydrogen) atoms. The maximum atomic E-state index is 11.4. The summed E-state index contributed by atoms with van der Waals surface area (Å²) in [6, 6.07) is 0. The molecule has 2 rings (SSSR count). The number of rotatable bonds is 2. The van der Waals surface area contributed by atoms with Gasteiger partial charge in [0.25, 0.3) is 5.56 Å². The minimum absolute atomic E-state index is 0.0474. The van der Waals surface area contributed by atoms with Crippen molar-refractivity contribution in [1.82, 2.24) is 9.55 Å². The first-order valence-electron chi connectivity index (χ1n) is 4.40. The van der Waals surface area contributed by atoms with Crippen molar-refractivity contribution in [1.29, 1.82) is 0 Å². The molecule has 0 radical (unpaired) electrons. The van der Waals surface area contributed by atoms with E-state index in [0.717, 1.165) is 12.2 Å². The van der Waals surface area contributed by atoms with Crippen LogP contribution in [0.15, 0.2) is 11.0 Å². The largest absolute Gasteiger partial charge is 0.308 e. The molecule has 3 nitrogen and oxygen atoms in total. The predicted molar refractivity (Wildman–Crippen MR) is 51.0 cm³/mol. The Bertz CT molecular complexity index is 382. The molecule has 0 aromatic carbocycles. The minimum Gasteiger partial charge on any atom is -0.308 e. The fraction of sp³-hybridized carbons (Fsp3) is 0.556. The smallest absolute Gasteiger partial charge is 0.269 e. The van der Waals surface area contributed by atoms with Crippen molar-refractivity contribution in [3.63, 3.8) is 0 Å². The van der Waals surface area contributed by atoms with Gasteiger partial charge < -0.3 is 4.57 Å². The summed E-state index contributed by atoms with van der Waals surface area (Å²) in [5.74, 6) is 0.676. The van der Waals surface area contributed by atoms with Crippen LogP contribution in [0, 0.1) is 12.8 Å². The van der Waals surface area contributed by atoms with Crippen molar-refractivity contribution < 1.29 is 0 Å². The van der Waals surface area contributed by atoms with Crippen molar-refractivity contribution in [2.24, 2.45) is 5.92 Å². The summed E-state index contributed by atoms with van der Waals surface area (Å²) in [5, 5.41) is 0.431. The molecule has 4 heteroatoms. The van der Waals surface area contributed by atoms with E-state index in [2.05, 4.69) is 4.98 Å². The molecule has 0 aliphatic heterocycles. The highest BCUT2D eigenvalue weighted by molar-refractivity contribution is 6.29. The number of hydrogen-bond acceptors (Lipinski definition) is 2. The van der Waals surface area contributed by atoms with E-state index in [-0.39, 0.29) is 5.56 Å². The van der Waals surface area contributed by atoms with E-state index in [9.17, 15) is 4.79 Å². The Morgan fingerprint density at radius 2 is 2.38 bits per heavy atom. The highest BCUT2D eigenvalue weighted by Crippen LogP contribution is 2.30. The van der Waals surface area contributed by atoms with Gasteiger partial charge in [0.15, 0.2) is 0 Å². The molecule has 0 saturated heterocycles. The number of aromatic nitrogens is 2. The number of nitrogens with zero attached hydrogens (tertiary/aromatic N) is 2. The summed E-state index contributed by atoms with van der Waals surface area (Å²) in [6.07, 6.45) is 3.75. The van der Waals surface area contributed by atoms with E-state index >= 15 is 0 Å². The van der Waals surface area contributed by atoms with Gasteiger partial charge in [-0.25, -0.2) is 4.98 Å². The Hall–Kier alpha value is -0.830. The lowest BCUT2D eigenvalue weighted by Gasteiger charge is -2.08. The molecule has 0 atom stereocenters. The molecule has 1 aliphatic rings. The minimum atomic E-state index is -0.0474. The Kier molecular flexibility index (Phi) is 2.12. The lowest BCUT2D eigenvalue weighted by atomic mass is 10.4. The van der Waals surface area contributed by atoms with E-state index < -0.39 is 0 Å². The fourth-order valence-corrected chi connectivity index (χ4v) is 1.49. The first kappa shape index (κ1) is 8.75. The van der Waals surface area contributed by atoms with Crippen LogP contribution in [0.2, 0.25) is 5.15 Å². The second-order valence-corrected chi connectivity index (χ2v) is 3.88. The molecule has 0 spiro atoms. The summed E-state index contributed by atoms with van der Waals surface area (Å²) in [6.45, 7) is 2.63. The molecule has 1 heterocycles. The van der Waals surface area contributed by atoms with E-state index in [4.69, 9.17) is 11.6 Å². The standard InChI is InChI=1S/C9H11ClN2O/c1-6-9(10)11-4-8(13)12(6)5-7-2-3-7/h4,7H,2-3,5H2,1H3. The van der Waals surface area contributed by atoms with Gasteiger partial charge in [0.1, 0.15) is 5.15 Å². The second-order valence-electron chi connectivity index (χ2n) is 3.53. The van der Waals surface area contributed by atoms with E-state index in [0.29, 0.717) is 11.1 Å². The van der Waals surface area contributed by atoms with Gasteiger partial charge in [-0.05, 0) is 25.7 Å². The van der Waals surface area contributed by atoms with E-state index in [1.54, 1.807) is 4.57 Å². The topological polar surface area (TPSA) is 34.9 Å². The third-order valence-corrected chi connectivity index (χ3v) is 2.77. The van der Waals surface area contributed by atoms with Crippen molar-refractivity contribution >= 4 is 11.6 Å². The number of hydrogen-bond donors (Lipinski definition) is 0. The first-order chi connectivity index (χ1) is 6.18. The van der Waals surface area contributed by atoms with Crippen LogP contribution in [0.3, 0.4) is 0 Å². The van der Waals surface area contributed by atoms with Crippen molar-refractivity contribution in [2.45, 2.75) is 26.3 Å². The molecule has 1 fully saturated rings. The lowest BCUT2D eigenvalue weighted by Crippen LogP contribution is -2.23. The molecular formula is C9H11ClN2O. The van der Waals surface area contributed by atoms with Crippen LogP contribution < -0.4 is 5.56 Å². The zero-order chi connectivity index (χ0) is 9.42. The van der Waals surface area contributed by atoms with Crippen LogP contribution in [-0.2, 0) is 6.54 Å². The maximum absolute atomic E-state index is 11.4. The van der Waals surface area contributed by atoms with Crippen LogP contribution in [0.5, 0.6) is 0 Å². The van der Waals surface area contributed by atoms with Crippen molar-refractivity contribution in [2.75, 3.05) is 0 Å². The van der Waals surface area contributed by atoms with Gasteiger partial charge in [-0.2, -0.15) is 0 Å². The molecule has 0 bridgehead atoms. The molecule has 70 valence electrons. The molecule has 1 aromatic rings. The van der Waals surface area contributed by atoms with E-state index in [1.165, 1.54) is 19.0 Å². The Labute approximate surface area is 81.4 Å². The van der Waals surface area contributed by atoms with Gasteiger partial charge in [-0.15, -0.1) is 0 Å². The highest BCUT2D eigenvalue weighted by Gasteiger charge is 2.23. The van der Waals surface area contributed by atoms with Crippen LogP contribution in [-0.4, -0.2) is 9.55 Å². The summed E-state index contributed by atoms with van der Waals surface area (Å²) in [4.78, 5) is 15.2. The third kappa shape index (κ3) is 1.75. The molecule has 0 N–H and O–H groups in total. The van der Waals surface area contributed by atoms with Crippen LogP contribution in [0.1, 0.15) is 18.5 Å². The van der Waals surface area contributed by atoms with Crippen molar-refractivity contribution in [3.8, 4) is 0 Å². The van der Waals surface area contributed by atoms with Gasteiger partial charge in [-0.1, -0.05) is 11.6 Å². The van der Waals surface area contributed by atoms with Gasteiger partial charge in [0, 0.05) is 6.54 Å². The molecular weight excluding hydrogens is 188 g/mol. The average molecular weight is 199 g/mol. The highest BCUT2D eigenvalue weighted by atomic mass is 35.5. The molecule has 1 aliphatic carbocycles. The quantitative estimate of drug-likeness (QED) is 0.724. The van der Waals surface area contributed by atoms with E-state index in [1.807, 2.05) is 6.92 Å². The monoisotopic (exact) mass is 198 g/mol. The maximum Gasteiger partial charge on any atom is 0.269 e. The normalized spacial score (nSPS) is 16.2. The Morgan fingerprint density at radius 3 is 3.00 bits per heavy atom. The summed E-state index contributed by atoms with van der Waals surface area (Å²) in [7, 11) is 0. The zero-order valence-electron chi connectivity index (χ0n) is 7.46. The van der Waals surface area contributed by atoms with Gasteiger partial charge in [-0.3, -0.25) is 4.79 Å². The van der Waals surface area contributed by atoms with Crippen LogP contribution >= 0.6 is 11.6 Å². The summed E-state index contributed by atoms with van der Waals surface area (Å²) >= 11 is 5.82. The Morgan fingerprint density at radius 1 is 1.69 bits per heavy atom. The SMILES string of the molecule is Cc1c(Cl)ncc(=O)n1CC1CC1. The van der Waals surface area contributed by atoms with Crippen LogP contribution in [0.4, 0.5) is 0 Å². The van der Waals surface area contributed by atoms with Crippen LogP contribution in [0.25, 0.3) is 0 Å². The average Bonchev–Trinajstić information content (AvgIpc) is 2.89. The molecule has 0 amide bonds. The van der Waals surface area contributed by atoms with Gasteiger partial charge in [0.2, 0.25) is 0 Å². The van der Waals surface area contributed by atoms with Crippen molar-refractivity contribution in [3.05, 3.63) is 27.4 Å². The predicted octanol–water partition coefficient (Wildman–Crippen LogP) is 1.62. The second kappa shape index (κ2) is 3.14. The summed E-state index contributed by atoms with van der Waals surface area (Å²) in [5.41, 5.74) is 0.731. The summed E-state index contributed by atoms with van der Waals surface area (Å²) < 4.78 is 1.72. The van der Waals surface area contributed by atoms with Gasteiger partial charge >= 0.3 is 0 Å². The Balaban J connectivity index is 2.40. The fourth-order valence-electron chi connectivity index (χ4n) is 1.34. The molecule has 1 aromatic heterocycles. The number of halogens is 1. The van der Waals surface area contributed by atoms with Gasteiger partial charge in [0.05, 0.1) is 11.9 Å². The molecule has 1 saturated carbocycles. The first-order valence-corrected chi connectivity index (χ1v) is 4.78. The third-order valence-electron chi connectivity index (χ3n) is 2.40. The lowest BCUT2D eigenvalue weighted by molar-refractivity contribution is 0.587. The molecule has 0 unspecified atom stereocenters.